The average molecular weight is 424 g/mol. The molecule has 146 valence electrons. The summed E-state index contributed by atoms with van der Waals surface area (Å²) in [5.74, 6) is 2.61. The lowest BCUT2D eigenvalue weighted by Crippen LogP contribution is -2.27. The lowest BCUT2D eigenvalue weighted by molar-refractivity contribution is 0.186. The summed E-state index contributed by atoms with van der Waals surface area (Å²) in [7, 11) is 3.41. The number of ether oxygens (including phenoxy) is 2. The van der Waals surface area contributed by atoms with Gasteiger partial charge in [-0.25, -0.2) is 4.68 Å². The van der Waals surface area contributed by atoms with E-state index in [9.17, 15) is 0 Å². The molecule has 1 aliphatic heterocycles. The van der Waals surface area contributed by atoms with Crippen LogP contribution in [-0.4, -0.2) is 41.2 Å². The fourth-order valence-electron chi connectivity index (χ4n) is 3.24. The SMILES string of the molecule is C=C(C)CSc1nn(CN2CCC[C@H]2c2cc(OC)ccc2OC)c(=S)s1. The van der Waals surface area contributed by atoms with E-state index in [0.29, 0.717) is 6.67 Å². The Morgan fingerprint density at radius 2 is 2.22 bits per heavy atom. The van der Waals surface area contributed by atoms with Crippen molar-refractivity contribution in [3.8, 4) is 11.5 Å². The molecule has 1 atom stereocenters. The molecule has 27 heavy (non-hydrogen) atoms. The van der Waals surface area contributed by atoms with E-state index in [1.54, 1.807) is 37.3 Å². The van der Waals surface area contributed by atoms with Crippen LogP contribution in [0.25, 0.3) is 0 Å². The van der Waals surface area contributed by atoms with Gasteiger partial charge in [0.25, 0.3) is 0 Å². The van der Waals surface area contributed by atoms with E-state index in [-0.39, 0.29) is 6.04 Å². The van der Waals surface area contributed by atoms with Crippen LogP contribution >= 0.6 is 35.3 Å². The molecule has 2 aromatic rings. The molecule has 1 aliphatic rings. The Kier molecular flexibility index (Phi) is 6.97. The molecule has 0 amide bonds. The summed E-state index contributed by atoms with van der Waals surface area (Å²) in [6.45, 7) is 7.68. The van der Waals surface area contributed by atoms with E-state index in [2.05, 4.69) is 17.5 Å². The maximum Gasteiger partial charge on any atom is 0.181 e. The molecule has 0 spiro atoms. The first-order valence-corrected chi connectivity index (χ1v) is 11.0. The van der Waals surface area contributed by atoms with Crippen molar-refractivity contribution in [2.75, 3.05) is 26.5 Å². The zero-order valence-electron chi connectivity index (χ0n) is 15.9. The smallest absolute Gasteiger partial charge is 0.181 e. The molecule has 0 unspecified atom stereocenters. The molecule has 0 radical (unpaired) electrons. The molecule has 1 saturated heterocycles. The molecule has 3 rings (SSSR count). The zero-order valence-corrected chi connectivity index (χ0v) is 18.4. The maximum absolute atomic E-state index is 5.60. The van der Waals surface area contributed by atoms with Crippen molar-refractivity contribution in [1.82, 2.24) is 14.7 Å². The van der Waals surface area contributed by atoms with Gasteiger partial charge in [-0.05, 0) is 50.2 Å². The van der Waals surface area contributed by atoms with Crippen LogP contribution < -0.4 is 9.47 Å². The van der Waals surface area contributed by atoms with Gasteiger partial charge in [0, 0.05) is 23.9 Å². The molecule has 1 fully saturated rings. The summed E-state index contributed by atoms with van der Waals surface area (Å²) >= 11 is 8.81. The molecule has 2 heterocycles. The molecule has 1 aromatic heterocycles. The monoisotopic (exact) mass is 423 g/mol. The van der Waals surface area contributed by atoms with Crippen molar-refractivity contribution in [2.45, 2.75) is 36.8 Å². The first kappa shape index (κ1) is 20.4. The molecule has 0 N–H and O–H groups in total. The first-order valence-electron chi connectivity index (χ1n) is 8.83. The third-order valence-electron chi connectivity index (χ3n) is 4.50. The summed E-state index contributed by atoms with van der Waals surface area (Å²) < 4.78 is 14.8. The highest BCUT2D eigenvalue weighted by Gasteiger charge is 2.29. The number of likely N-dealkylation sites (tertiary alicyclic amines) is 1. The quantitative estimate of drug-likeness (QED) is 0.332. The molecule has 5 nitrogen and oxygen atoms in total. The van der Waals surface area contributed by atoms with E-state index in [1.165, 1.54) is 0 Å². The van der Waals surface area contributed by atoms with Crippen molar-refractivity contribution < 1.29 is 9.47 Å². The van der Waals surface area contributed by atoms with Crippen LogP contribution in [0.15, 0.2) is 34.7 Å². The number of methoxy groups -OCH3 is 2. The Balaban J connectivity index is 1.80. The fourth-order valence-corrected chi connectivity index (χ4v) is 5.40. The highest BCUT2D eigenvalue weighted by molar-refractivity contribution is 8.01. The number of hydrogen-bond acceptors (Lipinski definition) is 7. The third-order valence-corrected chi connectivity index (χ3v) is 7.18. The molecule has 0 saturated carbocycles. The fraction of sp³-hybridized carbons (Fsp3) is 0.474. The second kappa shape index (κ2) is 9.23. The van der Waals surface area contributed by atoms with E-state index in [0.717, 1.165) is 56.1 Å². The Morgan fingerprint density at radius 3 is 2.93 bits per heavy atom. The largest absolute Gasteiger partial charge is 0.497 e. The molecule has 0 aliphatic carbocycles. The van der Waals surface area contributed by atoms with Crippen LogP contribution in [0.3, 0.4) is 0 Å². The van der Waals surface area contributed by atoms with Crippen molar-refractivity contribution in [3.05, 3.63) is 39.9 Å². The third kappa shape index (κ3) is 4.93. The summed E-state index contributed by atoms with van der Waals surface area (Å²) in [5.41, 5.74) is 2.30. The van der Waals surface area contributed by atoms with Crippen molar-refractivity contribution in [3.63, 3.8) is 0 Å². The van der Waals surface area contributed by atoms with E-state index in [1.807, 2.05) is 23.7 Å². The van der Waals surface area contributed by atoms with E-state index in [4.69, 9.17) is 26.8 Å². The van der Waals surface area contributed by atoms with Gasteiger partial charge in [-0.1, -0.05) is 35.3 Å². The minimum atomic E-state index is 0.269. The maximum atomic E-state index is 5.60. The van der Waals surface area contributed by atoms with Gasteiger partial charge in [0.2, 0.25) is 0 Å². The van der Waals surface area contributed by atoms with Crippen LogP contribution in [-0.2, 0) is 6.67 Å². The molecule has 8 heteroatoms. The zero-order chi connectivity index (χ0) is 19.4. The topological polar surface area (TPSA) is 39.5 Å². The number of nitrogens with zero attached hydrogens (tertiary/aromatic N) is 3. The number of rotatable bonds is 8. The second-order valence-corrected chi connectivity index (χ2v) is 9.44. The van der Waals surface area contributed by atoms with Gasteiger partial charge in [0.15, 0.2) is 8.29 Å². The predicted molar refractivity (Wildman–Crippen MR) is 115 cm³/mol. The second-order valence-electron chi connectivity index (χ2n) is 6.60. The van der Waals surface area contributed by atoms with Gasteiger partial charge in [-0.2, -0.15) is 5.10 Å². The van der Waals surface area contributed by atoms with Crippen LogP contribution in [0.4, 0.5) is 0 Å². The van der Waals surface area contributed by atoms with Crippen molar-refractivity contribution in [2.24, 2.45) is 0 Å². The molecule has 1 aromatic carbocycles. The van der Waals surface area contributed by atoms with Crippen LogP contribution in [0.2, 0.25) is 0 Å². The van der Waals surface area contributed by atoms with Crippen LogP contribution in [0.1, 0.15) is 31.4 Å². The van der Waals surface area contributed by atoms with Gasteiger partial charge in [-0.3, -0.25) is 4.90 Å². The molecule has 0 bridgehead atoms. The van der Waals surface area contributed by atoms with Crippen LogP contribution in [0.5, 0.6) is 11.5 Å². The van der Waals surface area contributed by atoms with Gasteiger partial charge in [0.1, 0.15) is 11.5 Å². The highest BCUT2D eigenvalue weighted by atomic mass is 32.2. The predicted octanol–water partition coefficient (Wildman–Crippen LogP) is 5.15. The Labute approximate surface area is 174 Å². The number of aromatic nitrogens is 2. The number of thioether (sulfide) groups is 1. The lowest BCUT2D eigenvalue weighted by atomic mass is 10.0. The number of hydrogen-bond donors (Lipinski definition) is 0. The Hall–Kier alpha value is -1.35. The van der Waals surface area contributed by atoms with Crippen molar-refractivity contribution >= 4 is 35.3 Å². The summed E-state index contributed by atoms with van der Waals surface area (Å²) in [4.78, 5) is 2.42. The highest BCUT2D eigenvalue weighted by Crippen LogP contribution is 2.39. The van der Waals surface area contributed by atoms with Crippen LogP contribution in [0, 0.1) is 3.95 Å². The molecular weight excluding hydrogens is 398 g/mol. The molecular formula is C19H25N3O2S3. The average Bonchev–Trinajstić information content (AvgIpc) is 3.26. The summed E-state index contributed by atoms with van der Waals surface area (Å²) in [6, 6.07) is 6.26. The standard InChI is InChI=1S/C19H25N3O2S3/c1-13(2)11-26-18-20-22(19(25)27-18)12-21-9-5-6-16(21)15-10-14(23-3)7-8-17(15)24-4/h7-8,10,16H,1,5-6,9,11-12H2,2-4H3/t16-/m0/s1. The Morgan fingerprint density at radius 1 is 1.41 bits per heavy atom. The summed E-state index contributed by atoms with van der Waals surface area (Å²) in [6.07, 6.45) is 2.22. The van der Waals surface area contributed by atoms with E-state index < -0.39 is 0 Å². The van der Waals surface area contributed by atoms with Gasteiger partial charge >= 0.3 is 0 Å². The minimum absolute atomic E-state index is 0.269. The Bertz CT molecular complexity index is 862. The van der Waals surface area contributed by atoms with Gasteiger partial charge < -0.3 is 9.47 Å². The normalized spacial score (nSPS) is 17.2. The summed E-state index contributed by atoms with van der Waals surface area (Å²) in [5, 5.41) is 4.70. The van der Waals surface area contributed by atoms with Crippen molar-refractivity contribution in [1.29, 1.82) is 0 Å². The first-order chi connectivity index (χ1) is 13.0. The number of benzene rings is 1. The van der Waals surface area contributed by atoms with E-state index >= 15 is 0 Å². The lowest BCUT2D eigenvalue weighted by Gasteiger charge is -2.26. The minimum Gasteiger partial charge on any atom is -0.497 e. The van der Waals surface area contributed by atoms with Gasteiger partial charge in [-0.15, -0.1) is 0 Å². The van der Waals surface area contributed by atoms with Gasteiger partial charge in [0.05, 0.1) is 20.9 Å².